The summed E-state index contributed by atoms with van der Waals surface area (Å²) in [4.78, 5) is 35.6. The fourth-order valence-electron chi connectivity index (χ4n) is 3.12. The third-order valence-corrected chi connectivity index (χ3v) is 4.59. The number of amides is 2. The van der Waals surface area contributed by atoms with Gasteiger partial charge < -0.3 is 15.7 Å². The Kier molecular flexibility index (Phi) is 7.52. The average Bonchev–Trinajstić information content (AvgIpc) is 2.48. The maximum absolute atomic E-state index is 12.2. The van der Waals surface area contributed by atoms with E-state index in [0.29, 0.717) is 25.2 Å². The molecular weight excluding hydrogens is 296 g/mol. The normalized spacial score (nSPS) is 19.4. The average molecular weight is 326 g/mol. The second-order valence-corrected chi connectivity index (χ2v) is 6.87. The minimum atomic E-state index is -1.30. The summed E-state index contributed by atoms with van der Waals surface area (Å²) < 4.78 is 0. The highest BCUT2D eigenvalue weighted by Gasteiger charge is 2.35. The van der Waals surface area contributed by atoms with E-state index in [1.54, 1.807) is 6.92 Å². The lowest BCUT2D eigenvalue weighted by Gasteiger charge is -2.28. The summed E-state index contributed by atoms with van der Waals surface area (Å²) in [5.74, 6) is -1.25. The molecule has 0 aromatic rings. The van der Waals surface area contributed by atoms with Crippen LogP contribution in [0.1, 0.15) is 72.1 Å². The van der Waals surface area contributed by atoms with Crippen LogP contribution in [0.2, 0.25) is 0 Å². The van der Waals surface area contributed by atoms with Crippen molar-refractivity contribution in [2.45, 2.75) is 83.7 Å². The van der Waals surface area contributed by atoms with E-state index in [9.17, 15) is 19.5 Å². The first-order valence-corrected chi connectivity index (χ1v) is 8.63. The van der Waals surface area contributed by atoms with Gasteiger partial charge in [0.15, 0.2) is 0 Å². The van der Waals surface area contributed by atoms with Crippen LogP contribution >= 0.6 is 0 Å². The molecule has 0 aromatic heterocycles. The summed E-state index contributed by atoms with van der Waals surface area (Å²) in [6.07, 6.45) is 7.15. The molecule has 0 saturated heterocycles. The van der Waals surface area contributed by atoms with E-state index in [0.717, 1.165) is 12.8 Å². The van der Waals surface area contributed by atoms with Gasteiger partial charge in [0.2, 0.25) is 11.8 Å². The van der Waals surface area contributed by atoms with Gasteiger partial charge in [-0.1, -0.05) is 32.6 Å². The van der Waals surface area contributed by atoms with Gasteiger partial charge in [-0.2, -0.15) is 0 Å². The summed E-state index contributed by atoms with van der Waals surface area (Å²) >= 11 is 0. The van der Waals surface area contributed by atoms with E-state index >= 15 is 0 Å². The van der Waals surface area contributed by atoms with Crippen LogP contribution in [0.4, 0.5) is 0 Å². The molecule has 0 heterocycles. The van der Waals surface area contributed by atoms with Crippen LogP contribution < -0.4 is 10.6 Å². The molecule has 2 unspecified atom stereocenters. The van der Waals surface area contributed by atoms with Crippen LogP contribution in [-0.2, 0) is 14.4 Å². The topological polar surface area (TPSA) is 95.5 Å². The van der Waals surface area contributed by atoms with Crippen LogP contribution in [0.15, 0.2) is 0 Å². The fourth-order valence-corrected chi connectivity index (χ4v) is 3.12. The maximum Gasteiger partial charge on any atom is 0.329 e. The van der Waals surface area contributed by atoms with Crippen LogP contribution in [0.3, 0.4) is 0 Å². The third-order valence-electron chi connectivity index (χ3n) is 4.59. The molecule has 2 atom stereocenters. The Morgan fingerprint density at radius 1 is 1.22 bits per heavy atom. The van der Waals surface area contributed by atoms with Crippen LogP contribution in [0, 0.1) is 5.92 Å². The molecule has 0 bridgehead atoms. The Labute approximate surface area is 138 Å². The molecular formula is C17H30N2O4. The van der Waals surface area contributed by atoms with Gasteiger partial charge in [-0.05, 0) is 39.0 Å². The highest BCUT2D eigenvalue weighted by molar-refractivity contribution is 5.91. The van der Waals surface area contributed by atoms with Crippen molar-refractivity contribution >= 4 is 17.8 Å². The number of carbonyl (C=O) groups is 3. The molecule has 6 heteroatoms. The van der Waals surface area contributed by atoms with Crippen LogP contribution in [0.25, 0.3) is 0 Å². The van der Waals surface area contributed by atoms with E-state index in [1.165, 1.54) is 26.2 Å². The Balaban J connectivity index is 2.48. The molecule has 1 rings (SSSR count). The standard InChI is InChI=1S/C17H30N2O4/c1-4-10-17(3,16(22)23)19-15(21)12(2)18-14(20)11-13-8-6-5-7-9-13/h12-13H,4-11H2,1-3H3,(H,18,20)(H,19,21)(H,22,23). The van der Waals surface area contributed by atoms with Crippen molar-refractivity contribution in [2.75, 3.05) is 0 Å². The molecule has 0 aliphatic heterocycles. The summed E-state index contributed by atoms with van der Waals surface area (Å²) in [6.45, 7) is 4.94. The molecule has 6 nitrogen and oxygen atoms in total. The molecule has 0 aromatic carbocycles. The molecule has 0 radical (unpaired) electrons. The molecule has 3 N–H and O–H groups in total. The Hall–Kier alpha value is -1.59. The lowest BCUT2D eigenvalue weighted by molar-refractivity contribution is -0.147. The number of hydrogen-bond donors (Lipinski definition) is 3. The molecule has 23 heavy (non-hydrogen) atoms. The first-order chi connectivity index (χ1) is 10.8. The number of nitrogens with one attached hydrogen (secondary N) is 2. The number of rotatable bonds is 8. The molecule has 0 spiro atoms. The fraction of sp³-hybridized carbons (Fsp3) is 0.824. The maximum atomic E-state index is 12.2. The van der Waals surface area contributed by atoms with Crippen molar-refractivity contribution in [2.24, 2.45) is 5.92 Å². The smallest absolute Gasteiger partial charge is 0.329 e. The van der Waals surface area contributed by atoms with E-state index in [-0.39, 0.29) is 5.91 Å². The van der Waals surface area contributed by atoms with Crippen molar-refractivity contribution in [1.29, 1.82) is 0 Å². The van der Waals surface area contributed by atoms with Gasteiger partial charge >= 0.3 is 5.97 Å². The second kappa shape index (κ2) is 8.89. The van der Waals surface area contributed by atoms with Gasteiger partial charge in [-0.25, -0.2) is 4.79 Å². The predicted molar refractivity (Wildman–Crippen MR) is 87.9 cm³/mol. The van der Waals surface area contributed by atoms with Crippen molar-refractivity contribution in [3.63, 3.8) is 0 Å². The van der Waals surface area contributed by atoms with Crippen molar-refractivity contribution in [3.05, 3.63) is 0 Å². The lowest BCUT2D eigenvalue weighted by atomic mass is 9.87. The van der Waals surface area contributed by atoms with E-state index in [2.05, 4.69) is 10.6 Å². The highest BCUT2D eigenvalue weighted by Crippen LogP contribution is 2.26. The Morgan fingerprint density at radius 3 is 2.35 bits per heavy atom. The highest BCUT2D eigenvalue weighted by atomic mass is 16.4. The summed E-state index contributed by atoms with van der Waals surface area (Å²) in [7, 11) is 0. The van der Waals surface area contributed by atoms with Gasteiger partial charge in [0.1, 0.15) is 11.6 Å². The van der Waals surface area contributed by atoms with Crippen LogP contribution in [0.5, 0.6) is 0 Å². The van der Waals surface area contributed by atoms with Gasteiger partial charge in [-0.15, -0.1) is 0 Å². The number of carboxylic acid groups (broad SMARTS) is 1. The van der Waals surface area contributed by atoms with Gasteiger partial charge in [0.05, 0.1) is 0 Å². The second-order valence-electron chi connectivity index (χ2n) is 6.87. The van der Waals surface area contributed by atoms with Gasteiger partial charge in [0, 0.05) is 6.42 Å². The van der Waals surface area contributed by atoms with E-state index in [4.69, 9.17) is 0 Å². The zero-order valence-electron chi connectivity index (χ0n) is 14.5. The lowest BCUT2D eigenvalue weighted by Crippen LogP contribution is -2.57. The SMILES string of the molecule is CCCC(C)(NC(=O)C(C)NC(=O)CC1CCCCC1)C(=O)O. The number of carboxylic acids is 1. The molecule has 1 fully saturated rings. The quantitative estimate of drug-likeness (QED) is 0.637. The number of aliphatic carboxylic acids is 1. The number of carbonyl (C=O) groups excluding carboxylic acids is 2. The van der Waals surface area contributed by atoms with Crippen molar-refractivity contribution < 1.29 is 19.5 Å². The van der Waals surface area contributed by atoms with E-state index in [1.807, 2.05) is 6.92 Å². The largest absolute Gasteiger partial charge is 0.480 e. The van der Waals surface area contributed by atoms with Crippen molar-refractivity contribution in [1.82, 2.24) is 10.6 Å². The summed E-state index contributed by atoms with van der Waals surface area (Å²) in [6, 6.07) is -0.735. The van der Waals surface area contributed by atoms with Gasteiger partial charge in [-0.3, -0.25) is 9.59 Å². The summed E-state index contributed by atoms with van der Waals surface area (Å²) in [5.41, 5.74) is -1.30. The first-order valence-electron chi connectivity index (χ1n) is 8.63. The third kappa shape index (κ3) is 6.20. The predicted octanol–water partition coefficient (Wildman–Crippen LogP) is 2.22. The van der Waals surface area contributed by atoms with E-state index < -0.39 is 23.5 Å². The Bertz CT molecular complexity index is 432. The van der Waals surface area contributed by atoms with Crippen LogP contribution in [-0.4, -0.2) is 34.5 Å². The molecule has 1 aliphatic carbocycles. The number of hydrogen-bond acceptors (Lipinski definition) is 3. The zero-order valence-corrected chi connectivity index (χ0v) is 14.5. The monoisotopic (exact) mass is 326 g/mol. The zero-order chi connectivity index (χ0) is 17.5. The first kappa shape index (κ1) is 19.5. The molecule has 1 saturated carbocycles. The molecule has 1 aliphatic rings. The minimum Gasteiger partial charge on any atom is -0.480 e. The molecule has 2 amide bonds. The summed E-state index contributed by atoms with van der Waals surface area (Å²) in [5, 5.41) is 14.5. The Morgan fingerprint density at radius 2 is 1.83 bits per heavy atom. The van der Waals surface area contributed by atoms with Gasteiger partial charge in [0.25, 0.3) is 0 Å². The molecule has 132 valence electrons. The van der Waals surface area contributed by atoms with Crippen molar-refractivity contribution in [3.8, 4) is 0 Å². The minimum absolute atomic E-state index is 0.132.